The molecule has 5 aromatic rings. The van der Waals surface area contributed by atoms with Crippen LogP contribution < -0.4 is 5.01 Å². The minimum atomic E-state index is -4.87. The van der Waals surface area contributed by atoms with Crippen LogP contribution in [-0.2, 0) is 10.9 Å². The summed E-state index contributed by atoms with van der Waals surface area (Å²) in [5.74, 6) is -1.57. The third-order valence-electron chi connectivity index (χ3n) is 5.82. The number of pyridine rings is 1. The predicted octanol–water partition coefficient (Wildman–Crippen LogP) is 5.32. The van der Waals surface area contributed by atoms with E-state index in [1.165, 1.54) is 50.0 Å². The van der Waals surface area contributed by atoms with Crippen LogP contribution in [-0.4, -0.2) is 44.1 Å². The number of carbonyl (C=O) groups is 2. The predicted molar refractivity (Wildman–Crippen MR) is 138 cm³/mol. The maximum absolute atomic E-state index is 14.2. The van der Waals surface area contributed by atoms with E-state index in [0.29, 0.717) is 32.1 Å². The van der Waals surface area contributed by atoms with Gasteiger partial charge in [-0.25, -0.2) is 4.79 Å². The zero-order valence-corrected chi connectivity index (χ0v) is 20.8. The van der Waals surface area contributed by atoms with Crippen molar-refractivity contribution < 1.29 is 27.5 Å². The molecule has 0 atom stereocenters. The van der Waals surface area contributed by atoms with Crippen molar-refractivity contribution in [2.24, 2.45) is 0 Å². The van der Waals surface area contributed by atoms with Crippen LogP contribution in [0.1, 0.15) is 26.4 Å². The number of anilines is 1. The molecule has 0 fully saturated rings. The zero-order valence-electron chi connectivity index (χ0n) is 20.8. The van der Waals surface area contributed by atoms with Gasteiger partial charge in [-0.15, -0.1) is 5.10 Å². The molecule has 200 valence electrons. The highest BCUT2D eigenvalue weighted by atomic mass is 19.4. The van der Waals surface area contributed by atoms with Crippen LogP contribution in [0, 0.1) is 0 Å². The summed E-state index contributed by atoms with van der Waals surface area (Å²) in [5, 5.41) is 12.5. The number of esters is 1. The molecule has 1 amide bonds. The number of halogens is 3. The van der Waals surface area contributed by atoms with E-state index in [4.69, 9.17) is 4.74 Å². The van der Waals surface area contributed by atoms with Gasteiger partial charge in [0.05, 0.1) is 18.4 Å². The first-order valence-electron chi connectivity index (χ1n) is 11.7. The summed E-state index contributed by atoms with van der Waals surface area (Å²) >= 11 is 0. The Morgan fingerprint density at radius 2 is 1.52 bits per heavy atom. The molecule has 0 spiro atoms. The lowest BCUT2D eigenvalue weighted by molar-refractivity contribution is -0.143. The maximum Gasteiger partial charge on any atom is 0.435 e. The monoisotopic (exact) mass is 544 g/mol. The Hall–Kier alpha value is -5.39. The molecular weight excluding hydrogens is 525 g/mol. The first kappa shape index (κ1) is 26.2. The fourth-order valence-electron chi connectivity index (χ4n) is 3.97. The summed E-state index contributed by atoms with van der Waals surface area (Å²) in [6.45, 7) is 0. The molecule has 0 saturated heterocycles. The largest absolute Gasteiger partial charge is 0.465 e. The third kappa shape index (κ3) is 5.27. The number of aromatic nitrogens is 5. The topological polar surface area (TPSA) is 103 Å². The van der Waals surface area contributed by atoms with Crippen molar-refractivity contribution >= 4 is 17.7 Å². The molecule has 9 nitrogen and oxygen atoms in total. The normalized spacial score (nSPS) is 11.2. The molecule has 12 heteroatoms. The van der Waals surface area contributed by atoms with Crippen LogP contribution >= 0.6 is 0 Å². The number of benzene rings is 2. The van der Waals surface area contributed by atoms with Crippen molar-refractivity contribution in [2.75, 3.05) is 12.1 Å². The molecule has 3 aromatic heterocycles. The van der Waals surface area contributed by atoms with Gasteiger partial charge in [0.1, 0.15) is 0 Å². The van der Waals surface area contributed by atoms with Crippen LogP contribution in [0.2, 0.25) is 0 Å². The van der Waals surface area contributed by atoms with Gasteiger partial charge >= 0.3 is 12.1 Å². The highest BCUT2D eigenvalue weighted by molar-refractivity contribution is 6.06. The van der Waals surface area contributed by atoms with Crippen molar-refractivity contribution in [3.05, 3.63) is 114 Å². The quantitative estimate of drug-likeness (QED) is 0.267. The molecular formula is C28H19F3N6O3. The number of rotatable bonds is 6. The molecule has 0 bridgehead atoms. The highest BCUT2D eigenvalue weighted by Gasteiger charge is 2.40. The summed E-state index contributed by atoms with van der Waals surface area (Å²) in [6.07, 6.45) is -0.693. The standard InChI is InChI=1S/C28H19F3N6O3/c1-40-27(39)21-9-3-7-19(15-21)18-6-2-8-20(14-18)26(38)36(25-11-5-13-33-34-25)37-24(28(29,30)31)16-23(35-37)22-10-4-12-32-17-22/h2-17H,1H3. The molecule has 0 aliphatic carbocycles. The number of nitrogens with zero attached hydrogens (tertiary/aromatic N) is 6. The van der Waals surface area contributed by atoms with Gasteiger partial charge in [-0.1, -0.05) is 24.3 Å². The van der Waals surface area contributed by atoms with E-state index in [9.17, 15) is 22.8 Å². The lowest BCUT2D eigenvalue weighted by Crippen LogP contribution is -2.40. The molecule has 0 aliphatic heterocycles. The number of ether oxygens (including phenoxy) is 1. The van der Waals surface area contributed by atoms with Crippen LogP contribution in [0.15, 0.2) is 97.5 Å². The second kappa shape index (κ2) is 10.8. The van der Waals surface area contributed by atoms with Gasteiger partial charge in [0, 0.05) is 29.7 Å². The van der Waals surface area contributed by atoms with Crippen LogP contribution in [0.4, 0.5) is 19.0 Å². The fourth-order valence-corrected chi connectivity index (χ4v) is 3.97. The minimum Gasteiger partial charge on any atom is -0.465 e. The molecule has 40 heavy (non-hydrogen) atoms. The Bertz CT molecular complexity index is 1670. The Labute approximate surface area is 225 Å². The number of hydrogen-bond donors (Lipinski definition) is 0. The van der Waals surface area contributed by atoms with Crippen LogP contribution in [0.5, 0.6) is 0 Å². The maximum atomic E-state index is 14.2. The lowest BCUT2D eigenvalue weighted by Gasteiger charge is -2.23. The Balaban J connectivity index is 1.63. The minimum absolute atomic E-state index is 0.0400. The van der Waals surface area contributed by atoms with Gasteiger partial charge in [0.2, 0.25) is 0 Å². The number of alkyl halides is 3. The summed E-state index contributed by atoms with van der Waals surface area (Å²) in [5.41, 5.74) is 0.555. The van der Waals surface area contributed by atoms with Gasteiger partial charge < -0.3 is 4.74 Å². The molecule has 0 saturated carbocycles. The van der Waals surface area contributed by atoms with Crippen molar-refractivity contribution in [2.45, 2.75) is 6.18 Å². The fraction of sp³-hybridized carbons (Fsp3) is 0.0714. The van der Waals surface area contributed by atoms with Gasteiger partial charge in [0.15, 0.2) is 11.5 Å². The van der Waals surface area contributed by atoms with E-state index in [2.05, 4.69) is 20.3 Å². The SMILES string of the molecule is COC(=O)c1cccc(-c2cccc(C(=O)N(c3cccnn3)n3nc(-c4cccnc4)cc3C(F)(F)F)c2)c1. The van der Waals surface area contributed by atoms with Crippen molar-refractivity contribution in [3.63, 3.8) is 0 Å². The molecule has 0 N–H and O–H groups in total. The average Bonchev–Trinajstić information content (AvgIpc) is 3.44. The van der Waals surface area contributed by atoms with Crippen LogP contribution in [0.25, 0.3) is 22.4 Å². The van der Waals surface area contributed by atoms with Crippen molar-refractivity contribution in [3.8, 4) is 22.4 Å². The lowest BCUT2D eigenvalue weighted by atomic mass is 10.0. The first-order chi connectivity index (χ1) is 19.3. The molecule has 5 rings (SSSR count). The molecule has 2 aromatic carbocycles. The van der Waals surface area contributed by atoms with Gasteiger partial charge in [-0.05, 0) is 65.7 Å². The first-order valence-corrected chi connectivity index (χ1v) is 11.7. The van der Waals surface area contributed by atoms with E-state index >= 15 is 0 Å². The number of amides is 1. The van der Waals surface area contributed by atoms with E-state index in [-0.39, 0.29) is 17.1 Å². The number of carbonyl (C=O) groups excluding carboxylic acids is 2. The van der Waals surface area contributed by atoms with E-state index < -0.39 is 23.7 Å². The summed E-state index contributed by atoms with van der Waals surface area (Å²) in [7, 11) is 1.26. The van der Waals surface area contributed by atoms with Crippen LogP contribution in [0.3, 0.4) is 0 Å². The Morgan fingerprint density at radius 1 is 0.850 bits per heavy atom. The van der Waals surface area contributed by atoms with Gasteiger partial charge in [0.25, 0.3) is 5.91 Å². The second-order valence-electron chi connectivity index (χ2n) is 8.40. The van der Waals surface area contributed by atoms with E-state index in [1.807, 2.05) is 0 Å². The van der Waals surface area contributed by atoms with Crippen molar-refractivity contribution in [1.29, 1.82) is 0 Å². The highest BCUT2D eigenvalue weighted by Crippen LogP contribution is 2.34. The van der Waals surface area contributed by atoms with Gasteiger partial charge in [-0.3, -0.25) is 9.78 Å². The summed E-state index contributed by atoms with van der Waals surface area (Å²) < 4.78 is 47.5. The Morgan fingerprint density at radius 3 is 2.15 bits per heavy atom. The molecule has 0 radical (unpaired) electrons. The molecule has 0 aliphatic rings. The second-order valence-corrected chi connectivity index (χ2v) is 8.40. The number of methoxy groups -OCH3 is 1. The zero-order chi connectivity index (χ0) is 28.3. The average molecular weight is 544 g/mol. The summed E-state index contributed by atoms with van der Waals surface area (Å²) in [6, 6.07) is 19.5. The van der Waals surface area contributed by atoms with E-state index in [0.717, 1.165) is 6.07 Å². The molecule has 3 heterocycles. The third-order valence-corrected chi connectivity index (χ3v) is 5.82. The smallest absolute Gasteiger partial charge is 0.435 e. The van der Waals surface area contributed by atoms with E-state index in [1.54, 1.807) is 48.5 Å². The number of hydrogen-bond acceptors (Lipinski definition) is 7. The van der Waals surface area contributed by atoms with Crippen molar-refractivity contribution in [1.82, 2.24) is 25.1 Å². The molecule has 0 unspecified atom stereocenters. The Kier molecular flexibility index (Phi) is 7.06. The van der Waals surface area contributed by atoms with Gasteiger partial charge in [-0.2, -0.15) is 33.2 Å². The summed E-state index contributed by atoms with van der Waals surface area (Å²) in [4.78, 5) is 30.3.